The molecule has 1 amide bonds. The fraction of sp³-hybridized carbons (Fsp3) is 0.318. The van der Waals surface area contributed by atoms with Crippen LogP contribution in [0.4, 0.5) is 0 Å². The maximum atomic E-state index is 12.6. The molecule has 1 unspecified atom stereocenters. The summed E-state index contributed by atoms with van der Waals surface area (Å²) in [6, 6.07) is 19.5. The summed E-state index contributed by atoms with van der Waals surface area (Å²) >= 11 is 0. The first-order valence-corrected chi connectivity index (χ1v) is 9.57. The SMILES string of the molecule is CN1CC2(CC1c1nc(-c3ccccc3)no1)CN(C(=O)c1ccccc1)C2. The zero-order valence-corrected chi connectivity index (χ0v) is 15.8. The first kappa shape index (κ1) is 17.1. The molecule has 3 heterocycles. The highest BCUT2D eigenvalue weighted by molar-refractivity contribution is 5.94. The van der Waals surface area contributed by atoms with Gasteiger partial charge in [0.2, 0.25) is 11.7 Å². The summed E-state index contributed by atoms with van der Waals surface area (Å²) in [6.07, 6.45) is 0.929. The molecule has 142 valence electrons. The lowest BCUT2D eigenvalue weighted by Crippen LogP contribution is -2.59. The Kier molecular flexibility index (Phi) is 4.02. The number of carbonyl (C=O) groups is 1. The maximum Gasteiger partial charge on any atom is 0.253 e. The van der Waals surface area contributed by atoms with Crippen LogP contribution in [0.1, 0.15) is 28.7 Å². The molecule has 1 aromatic heterocycles. The molecule has 2 saturated heterocycles. The number of hydrogen-bond donors (Lipinski definition) is 0. The summed E-state index contributed by atoms with van der Waals surface area (Å²) in [5.74, 6) is 1.40. The van der Waals surface area contributed by atoms with Gasteiger partial charge in [0.15, 0.2) is 0 Å². The largest absolute Gasteiger partial charge is 0.337 e. The van der Waals surface area contributed by atoms with Gasteiger partial charge in [0.05, 0.1) is 6.04 Å². The van der Waals surface area contributed by atoms with Crippen molar-refractivity contribution in [1.82, 2.24) is 19.9 Å². The number of carbonyl (C=O) groups excluding carboxylic acids is 1. The number of aromatic nitrogens is 2. The molecule has 28 heavy (non-hydrogen) atoms. The number of hydrogen-bond acceptors (Lipinski definition) is 5. The predicted octanol–water partition coefficient (Wildman–Crippen LogP) is 3.26. The molecule has 2 aliphatic heterocycles. The van der Waals surface area contributed by atoms with E-state index in [0.29, 0.717) is 11.7 Å². The molecule has 1 spiro atoms. The van der Waals surface area contributed by atoms with E-state index in [-0.39, 0.29) is 17.4 Å². The molecule has 3 aromatic rings. The van der Waals surface area contributed by atoms with Crippen LogP contribution < -0.4 is 0 Å². The quantitative estimate of drug-likeness (QED) is 0.704. The molecule has 6 nitrogen and oxygen atoms in total. The number of likely N-dealkylation sites (tertiary alicyclic amines) is 2. The summed E-state index contributed by atoms with van der Waals surface area (Å²) in [5.41, 5.74) is 1.83. The van der Waals surface area contributed by atoms with Crippen molar-refractivity contribution in [3.63, 3.8) is 0 Å². The van der Waals surface area contributed by atoms with Crippen LogP contribution in [0, 0.1) is 5.41 Å². The van der Waals surface area contributed by atoms with Crippen LogP contribution in [0.15, 0.2) is 65.2 Å². The van der Waals surface area contributed by atoms with Gasteiger partial charge in [0.1, 0.15) is 0 Å². The summed E-state index contributed by atoms with van der Waals surface area (Å²) in [4.78, 5) is 21.5. The van der Waals surface area contributed by atoms with E-state index in [2.05, 4.69) is 22.1 Å². The van der Waals surface area contributed by atoms with E-state index >= 15 is 0 Å². The van der Waals surface area contributed by atoms with Gasteiger partial charge in [-0.15, -0.1) is 0 Å². The van der Waals surface area contributed by atoms with Crippen molar-refractivity contribution in [3.05, 3.63) is 72.1 Å². The lowest BCUT2D eigenvalue weighted by Gasteiger charge is -2.48. The third-order valence-electron chi connectivity index (χ3n) is 5.86. The Bertz CT molecular complexity index is 980. The van der Waals surface area contributed by atoms with E-state index in [0.717, 1.165) is 37.2 Å². The van der Waals surface area contributed by atoms with Crippen LogP contribution in [0.3, 0.4) is 0 Å². The monoisotopic (exact) mass is 374 g/mol. The minimum absolute atomic E-state index is 0.0962. The van der Waals surface area contributed by atoms with Crippen molar-refractivity contribution in [2.45, 2.75) is 12.5 Å². The normalized spacial score (nSPS) is 21.0. The summed E-state index contributed by atoms with van der Waals surface area (Å²) < 4.78 is 5.60. The zero-order chi connectivity index (χ0) is 19.1. The molecular formula is C22H22N4O2. The van der Waals surface area contributed by atoms with Gasteiger partial charge in [0.25, 0.3) is 5.91 Å². The average molecular weight is 374 g/mol. The van der Waals surface area contributed by atoms with Crippen LogP contribution in [0.5, 0.6) is 0 Å². The van der Waals surface area contributed by atoms with Gasteiger partial charge in [-0.25, -0.2) is 0 Å². The van der Waals surface area contributed by atoms with Crippen molar-refractivity contribution in [2.75, 3.05) is 26.7 Å². The Hall–Kier alpha value is -2.99. The van der Waals surface area contributed by atoms with Gasteiger partial charge in [-0.2, -0.15) is 4.98 Å². The molecule has 0 aliphatic carbocycles. The van der Waals surface area contributed by atoms with E-state index in [9.17, 15) is 4.79 Å². The van der Waals surface area contributed by atoms with Gasteiger partial charge in [0, 0.05) is 36.2 Å². The van der Waals surface area contributed by atoms with E-state index in [1.165, 1.54) is 0 Å². The molecular weight excluding hydrogens is 352 g/mol. The summed E-state index contributed by atoms with van der Waals surface area (Å²) in [5, 5.41) is 4.16. The minimum atomic E-state index is 0.0962. The fourth-order valence-corrected chi connectivity index (χ4v) is 4.52. The minimum Gasteiger partial charge on any atom is -0.337 e. The van der Waals surface area contributed by atoms with Crippen molar-refractivity contribution in [1.29, 1.82) is 0 Å². The Labute approximate surface area is 163 Å². The van der Waals surface area contributed by atoms with Gasteiger partial charge in [-0.3, -0.25) is 9.69 Å². The summed E-state index contributed by atoms with van der Waals surface area (Å²) in [6.45, 7) is 2.49. The number of benzene rings is 2. The first-order chi connectivity index (χ1) is 13.6. The maximum absolute atomic E-state index is 12.6. The van der Waals surface area contributed by atoms with Gasteiger partial charge in [-0.05, 0) is 25.6 Å². The Morgan fingerprint density at radius 3 is 2.43 bits per heavy atom. The first-order valence-electron chi connectivity index (χ1n) is 9.57. The number of amides is 1. The topological polar surface area (TPSA) is 62.5 Å². The van der Waals surface area contributed by atoms with Crippen molar-refractivity contribution >= 4 is 5.91 Å². The van der Waals surface area contributed by atoms with E-state index in [1.807, 2.05) is 65.6 Å². The van der Waals surface area contributed by atoms with E-state index in [4.69, 9.17) is 4.52 Å². The van der Waals surface area contributed by atoms with Crippen LogP contribution >= 0.6 is 0 Å². The second kappa shape index (κ2) is 6.56. The Morgan fingerprint density at radius 1 is 1.04 bits per heavy atom. The molecule has 0 bridgehead atoms. The predicted molar refractivity (Wildman–Crippen MR) is 105 cm³/mol. The van der Waals surface area contributed by atoms with Crippen molar-refractivity contribution < 1.29 is 9.32 Å². The highest BCUT2D eigenvalue weighted by Gasteiger charge is 2.53. The van der Waals surface area contributed by atoms with Crippen LogP contribution in [-0.4, -0.2) is 52.5 Å². The zero-order valence-electron chi connectivity index (χ0n) is 15.8. The lowest BCUT2D eigenvalue weighted by atomic mass is 9.77. The molecule has 2 fully saturated rings. The van der Waals surface area contributed by atoms with E-state index < -0.39 is 0 Å². The fourth-order valence-electron chi connectivity index (χ4n) is 4.52. The standard InChI is InChI=1S/C22H22N4O2/c1-25-13-22(14-26(15-22)21(27)17-10-6-3-7-11-17)12-18(25)20-23-19(24-28-20)16-8-4-2-5-9-16/h2-11,18H,12-15H2,1H3. The molecule has 6 heteroatoms. The smallest absolute Gasteiger partial charge is 0.253 e. The molecule has 2 aliphatic rings. The van der Waals surface area contributed by atoms with Gasteiger partial charge >= 0.3 is 0 Å². The molecule has 0 radical (unpaired) electrons. The molecule has 2 aromatic carbocycles. The lowest BCUT2D eigenvalue weighted by molar-refractivity contribution is 0.0115. The van der Waals surface area contributed by atoms with Crippen LogP contribution in [-0.2, 0) is 0 Å². The second-order valence-electron chi connectivity index (χ2n) is 7.98. The van der Waals surface area contributed by atoms with Crippen LogP contribution in [0.25, 0.3) is 11.4 Å². The van der Waals surface area contributed by atoms with Crippen molar-refractivity contribution in [3.8, 4) is 11.4 Å². The van der Waals surface area contributed by atoms with Crippen LogP contribution in [0.2, 0.25) is 0 Å². The number of rotatable bonds is 3. The molecule has 0 saturated carbocycles. The van der Waals surface area contributed by atoms with E-state index in [1.54, 1.807) is 0 Å². The number of nitrogens with zero attached hydrogens (tertiary/aromatic N) is 4. The summed E-state index contributed by atoms with van der Waals surface area (Å²) in [7, 11) is 2.09. The van der Waals surface area contributed by atoms with Crippen molar-refractivity contribution in [2.24, 2.45) is 5.41 Å². The Balaban J connectivity index is 1.28. The molecule has 0 N–H and O–H groups in total. The van der Waals surface area contributed by atoms with Gasteiger partial charge in [-0.1, -0.05) is 53.7 Å². The van der Waals surface area contributed by atoms with Gasteiger partial charge < -0.3 is 9.42 Å². The average Bonchev–Trinajstić information content (AvgIpc) is 3.32. The second-order valence-corrected chi connectivity index (χ2v) is 7.98. The molecule has 1 atom stereocenters. The third kappa shape index (κ3) is 2.90. The highest BCUT2D eigenvalue weighted by Crippen LogP contribution is 2.47. The Morgan fingerprint density at radius 2 is 1.71 bits per heavy atom. The molecule has 5 rings (SSSR count). The highest BCUT2D eigenvalue weighted by atomic mass is 16.5. The third-order valence-corrected chi connectivity index (χ3v) is 5.86.